The number of aryl methyl sites for hydroxylation is 1. The Morgan fingerprint density at radius 3 is 2.70 bits per heavy atom. The first kappa shape index (κ1) is 24.3. The van der Waals surface area contributed by atoms with Crippen LogP contribution in [0, 0.1) is 6.92 Å². The molecule has 0 saturated carbocycles. The normalized spacial score (nSPS) is 14.6. The number of nitrogens with zero attached hydrogens (tertiary/aromatic N) is 2. The third kappa shape index (κ3) is 5.56. The Hall–Kier alpha value is -4.39. The molecule has 1 atom stereocenters. The number of hydrogen-bond donors (Lipinski definition) is 1. The van der Waals surface area contributed by atoms with E-state index in [0.717, 1.165) is 23.1 Å². The second-order valence-electron chi connectivity index (χ2n) is 9.23. The second kappa shape index (κ2) is 10.7. The first-order valence-corrected chi connectivity index (χ1v) is 12.3. The molecule has 7 heteroatoms. The van der Waals surface area contributed by atoms with Crippen molar-refractivity contribution in [3.8, 4) is 5.75 Å². The van der Waals surface area contributed by atoms with Crippen molar-refractivity contribution in [1.82, 2.24) is 15.2 Å². The monoisotopic (exact) mass is 495 g/mol. The van der Waals surface area contributed by atoms with Crippen LogP contribution in [0.2, 0.25) is 0 Å². The van der Waals surface area contributed by atoms with E-state index < -0.39 is 0 Å². The van der Waals surface area contributed by atoms with Crippen molar-refractivity contribution in [2.75, 3.05) is 6.54 Å². The van der Waals surface area contributed by atoms with Gasteiger partial charge in [0.2, 0.25) is 5.91 Å². The number of ether oxygens (including phenoxy) is 1. The Morgan fingerprint density at radius 2 is 1.95 bits per heavy atom. The number of pyridine rings is 1. The van der Waals surface area contributed by atoms with Gasteiger partial charge in [-0.05, 0) is 65.9 Å². The number of aromatic nitrogens is 1. The fraction of sp³-hybridized carbons (Fsp3) is 0.233. The van der Waals surface area contributed by atoms with E-state index in [1.165, 1.54) is 11.1 Å². The number of hydrogen-bond acceptors (Lipinski definition) is 5. The second-order valence-corrected chi connectivity index (χ2v) is 9.23. The molecule has 1 unspecified atom stereocenters. The number of rotatable bonds is 7. The van der Waals surface area contributed by atoms with Crippen LogP contribution >= 0.6 is 0 Å². The lowest BCUT2D eigenvalue weighted by molar-refractivity contribution is -0.130. The Labute approximate surface area is 216 Å². The molecule has 7 nitrogen and oxygen atoms in total. The highest BCUT2D eigenvalue weighted by molar-refractivity contribution is 5.91. The van der Waals surface area contributed by atoms with E-state index in [2.05, 4.69) is 47.6 Å². The van der Waals surface area contributed by atoms with Gasteiger partial charge in [0.15, 0.2) is 5.76 Å². The van der Waals surface area contributed by atoms with Crippen LogP contribution in [0.4, 0.5) is 0 Å². The van der Waals surface area contributed by atoms with Gasteiger partial charge in [0.25, 0.3) is 5.91 Å². The van der Waals surface area contributed by atoms with E-state index in [1.807, 2.05) is 29.2 Å². The van der Waals surface area contributed by atoms with Gasteiger partial charge < -0.3 is 19.4 Å². The van der Waals surface area contributed by atoms with Gasteiger partial charge in [0.05, 0.1) is 6.04 Å². The van der Waals surface area contributed by atoms with Crippen molar-refractivity contribution in [2.45, 2.75) is 39.5 Å². The summed E-state index contributed by atoms with van der Waals surface area (Å²) in [6.07, 6.45) is 4.20. The minimum absolute atomic E-state index is 0.0486. The number of furan rings is 1. The maximum atomic E-state index is 12.5. The molecule has 0 saturated heterocycles. The topological polar surface area (TPSA) is 84.7 Å². The Kier molecular flexibility index (Phi) is 7.03. The van der Waals surface area contributed by atoms with Crippen molar-refractivity contribution < 1.29 is 18.7 Å². The summed E-state index contributed by atoms with van der Waals surface area (Å²) < 4.78 is 11.8. The number of amides is 2. The summed E-state index contributed by atoms with van der Waals surface area (Å²) in [5.41, 5.74) is 5.44. The minimum atomic E-state index is -0.297. The van der Waals surface area contributed by atoms with Gasteiger partial charge in [-0.15, -0.1) is 0 Å². The lowest BCUT2D eigenvalue weighted by Crippen LogP contribution is -2.39. The Bertz CT molecular complexity index is 1400. The van der Waals surface area contributed by atoms with Crippen LogP contribution in [0.3, 0.4) is 0 Å². The summed E-state index contributed by atoms with van der Waals surface area (Å²) in [4.78, 5) is 30.9. The van der Waals surface area contributed by atoms with Gasteiger partial charge in [-0.2, -0.15) is 0 Å². The van der Waals surface area contributed by atoms with Gasteiger partial charge in [0, 0.05) is 32.4 Å². The van der Waals surface area contributed by atoms with Crippen LogP contribution in [-0.4, -0.2) is 28.2 Å². The summed E-state index contributed by atoms with van der Waals surface area (Å²) in [6, 6.07) is 21.3. The highest BCUT2D eigenvalue weighted by Gasteiger charge is 2.30. The van der Waals surface area contributed by atoms with Crippen LogP contribution in [0.1, 0.15) is 57.1 Å². The number of carbonyl (C=O) groups is 2. The Morgan fingerprint density at radius 1 is 1.11 bits per heavy atom. The highest BCUT2D eigenvalue weighted by Crippen LogP contribution is 2.37. The van der Waals surface area contributed by atoms with Crippen LogP contribution in [0.15, 0.2) is 83.5 Å². The van der Waals surface area contributed by atoms with E-state index in [0.29, 0.717) is 24.6 Å². The van der Waals surface area contributed by atoms with Crippen LogP contribution in [-0.2, 0) is 24.4 Å². The highest BCUT2D eigenvalue weighted by atomic mass is 16.5. The molecule has 2 amide bonds. The van der Waals surface area contributed by atoms with E-state index in [1.54, 1.807) is 31.5 Å². The molecule has 2 aromatic carbocycles. The molecule has 4 aromatic rings. The number of benzene rings is 2. The lowest BCUT2D eigenvalue weighted by atomic mass is 9.87. The molecule has 5 rings (SSSR count). The molecule has 0 spiro atoms. The first-order valence-electron chi connectivity index (χ1n) is 12.3. The van der Waals surface area contributed by atoms with Crippen LogP contribution < -0.4 is 10.1 Å². The zero-order chi connectivity index (χ0) is 25.8. The van der Waals surface area contributed by atoms with Crippen molar-refractivity contribution in [1.29, 1.82) is 0 Å². The van der Waals surface area contributed by atoms with Crippen LogP contribution in [0.25, 0.3) is 0 Å². The van der Waals surface area contributed by atoms with Gasteiger partial charge in [-0.25, -0.2) is 0 Å². The van der Waals surface area contributed by atoms with Crippen molar-refractivity contribution in [3.63, 3.8) is 0 Å². The van der Waals surface area contributed by atoms with E-state index in [-0.39, 0.29) is 30.2 Å². The maximum Gasteiger partial charge on any atom is 0.287 e. The molecule has 1 aliphatic heterocycles. The molecule has 37 heavy (non-hydrogen) atoms. The van der Waals surface area contributed by atoms with E-state index in [9.17, 15) is 9.59 Å². The quantitative estimate of drug-likeness (QED) is 0.391. The third-order valence-corrected chi connectivity index (χ3v) is 6.59. The minimum Gasteiger partial charge on any atom is -0.486 e. The predicted octanol–water partition coefficient (Wildman–Crippen LogP) is 4.99. The predicted molar refractivity (Wildman–Crippen MR) is 139 cm³/mol. The van der Waals surface area contributed by atoms with Gasteiger partial charge in [-0.1, -0.05) is 42.0 Å². The molecule has 0 fully saturated rings. The van der Waals surface area contributed by atoms with E-state index >= 15 is 0 Å². The maximum absolute atomic E-state index is 12.5. The number of carbonyl (C=O) groups excluding carboxylic acids is 2. The van der Waals surface area contributed by atoms with Crippen molar-refractivity contribution >= 4 is 11.8 Å². The molecule has 1 aliphatic rings. The molecule has 3 heterocycles. The fourth-order valence-corrected chi connectivity index (χ4v) is 4.63. The summed E-state index contributed by atoms with van der Waals surface area (Å²) in [6.45, 7) is 4.90. The molecule has 1 N–H and O–H groups in total. The standard InChI is InChI=1S/C30H29N3O4/c1-20-5-7-24(8-6-20)29-27-16-25(10-9-23(27)13-15-33(29)21(2)34)36-19-26-11-12-28(37-26)30(35)32-18-22-4-3-14-31-17-22/h3-12,14,16-17,29H,13,15,18-19H2,1-2H3,(H,32,35). The molecule has 0 radical (unpaired) electrons. The molecule has 0 aliphatic carbocycles. The summed E-state index contributed by atoms with van der Waals surface area (Å²) in [5, 5.41) is 2.83. The first-order chi connectivity index (χ1) is 18.0. The number of nitrogens with one attached hydrogen (secondary N) is 1. The van der Waals surface area contributed by atoms with Gasteiger partial charge in [-0.3, -0.25) is 14.6 Å². The largest absolute Gasteiger partial charge is 0.486 e. The Balaban J connectivity index is 1.29. The average Bonchev–Trinajstić information content (AvgIpc) is 3.40. The summed E-state index contributed by atoms with van der Waals surface area (Å²) in [7, 11) is 0. The summed E-state index contributed by atoms with van der Waals surface area (Å²) in [5.74, 6) is 1.20. The molecule has 0 bridgehead atoms. The van der Waals surface area contributed by atoms with Crippen molar-refractivity contribution in [2.24, 2.45) is 0 Å². The molecular formula is C30H29N3O4. The van der Waals surface area contributed by atoms with Crippen LogP contribution in [0.5, 0.6) is 5.75 Å². The zero-order valence-corrected chi connectivity index (χ0v) is 20.9. The molecular weight excluding hydrogens is 466 g/mol. The fourth-order valence-electron chi connectivity index (χ4n) is 4.63. The van der Waals surface area contributed by atoms with Gasteiger partial charge >= 0.3 is 0 Å². The molecule has 2 aromatic heterocycles. The van der Waals surface area contributed by atoms with Gasteiger partial charge in [0.1, 0.15) is 18.1 Å². The zero-order valence-electron chi connectivity index (χ0n) is 20.9. The SMILES string of the molecule is CC(=O)N1CCc2ccc(OCc3ccc(C(=O)NCc4cccnc4)o3)cc2C1c1ccc(C)cc1. The van der Waals surface area contributed by atoms with Crippen molar-refractivity contribution in [3.05, 3.63) is 118 Å². The smallest absolute Gasteiger partial charge is 0.287 e. The third-order valence-electron chi connectivity index (χ3n) is 6.59. The number of fused-ring (bicyclic) bond motifs is 1. The summed E-state index contributed by atoms with van der Waals surface area (Å²) >= 11 is 0. The van der Waals surface area contributed by atoms with E-state index in [4.69, 9.17) is 9.15 Å². The average molecular weight is 496 g/mol. The molecule has 188 valence electrons. The lowest BCUT2D eigenvalue weighted by Gasteiger charge is -2.37.